The van der Waals surface area contributed by atoms with Gasteiger partial charge in [0, 0.05) is 0 Å². The van der Waals surface area contributed by atoms with Crippen molar-refractivity contribution >= 4 is 16.9 Å². The van der Waals surface area contributed by atoms with Gasteiger partial charge in [-0.1, -0.05) is 0 Å². The minimum atomic E-state index is -4.70. The molecule has 1 saturated heterocycles. The van der Waals surface area contributed by atoms with Crippen molar-refractivity contribution in [3.63, 3.8) is 0 Å². The van der Waals surface area contributed by atoms with Crippen LogP contribution < -0.4 is 9.47 Å². The summed E-state index contributed by atoms with van der Waals surface area (Å²) in [7, 11) is 0. The first-order valence-electron chi connectivity index (χ1n) is 9.99. The van der Waals surface area contributed by atoms with E-state index < -0.39 is 6.36 Å². The maximum absolute atomic E-state index is 12.7. The standard InChI is InChI=1S/C22H25AsF3NO2/c23-19-7-4-12-27(21(19)15-5-2-1-3-6-15)14-16-13-18(29-22(24,25)26)10-11-20(16)28-17-8-9-17/h1-3,5-6,10-11,13,17,19,21H,4,7-9,12,14,23H2. The number of hydrogen-bond acceptors (Lipinski definition) is 3. The third-order valence-electron chi connectivity index (χ3n) is 5.38. The van der Waals surface area contributed by atoms with Crippen LogP contribution in [0.5, 0.6) is 11.5 Å². The fourth-order valence-electron chi connectivity index (χ4n) is 3.96. The van der Waals surface area contributed by atoms with Gasteiger partial charge in [0.1, 0.15) is 0 Å². The normalized spacial score (nSPS) is 23.0. The number of nitrogens with zero attached hydrogens (tertiary/aromatic N) is 1. The molecule has 2 aromatic rings. The van der Waals surface area contributed by atoms with E-state index in [0.717, 1.165) is 31.4 Å². The molecule has 4 rings (SSSR count). The summed E-state index contributed by atoms with van der Waals surface area (Å²) in [5.41, 5.74) is 2.01. The summed E-state index contributed by atoms with van der Waals surface area (Å²) in [6, 6.07) is 15.1. The third kappa shape index (κ3) is 5.49. The van der Waals surface area contributed by atoms with Gasteiger partial charge in [-0.3, -0.25) is 0 Å². The molecule has 2 aromatic carbocycles. The molecular weight excluding hydrogens is 442 g/mol. The quantitative estimate of drug-likeness (QED) is 0.566. The molecule has 0 bridgehead atoms. The first kappa shape index (κ1) is 20.6. The van der Waals surface area contributed by atoms with E-state index in [1.165, 1.54) is 24.1 Å². The average Bonchev–Trinajstić information content (AvgIpc) is 3.48. The van der Waals surface area contributed by atoms with Crippen LogP contribution in [0.2, 0.25) is 4.71 Å². The van der Waals surface area contributed by atoms with Crippen LogP contribution in [-0.4, -0.2) is 40.8 Å². The molecule has 3 unspecified atom stereocenters. The van der Waals surface area contributed by atoms with Crippen LogP contribution >= 0.6 is 0 Å². The van der Waals surface area contributed by atoms with Gasteiger partial charge >= 0.3 is 178 Å². The summed E-state index contributed by atoms with van der Waals surface area (Å²) < 4.78 is 48.9. The van der Waals surface area contributed by atoms with Crippen molar-refractivity contribution in [3.05, 3.63) is 59.7 Å². The molecule has 29 heavy (non-hydrogen) atoms. The minimum absolute atomic E-state index is 0.177. The Hall–Kier alpha value is -1.65. The van der Waals surface area contributed by atoms with Gasteiger partial charge in [0.05, 0.1) is 0 Å². The molecule has 3 atom stereocenters. The van der Waals surface area contributed by atoms with Gasteiger partial charge in [-0.2, -0.15) is 0 Å². The molecule has 0 spiro atoms. The van der Waals surface area contributed by atoms with Crippen LogP contribution in [0.4, 0.5) is 13.2 Å². The van der Waals surface area contributed by atoms with Crippen LogP contribution in [0.1, 0.15) is 42.9 Å². The predicted octanol–water partition coefficient (Wildman–Crippen LogP) is 4.89. The van der Waals surface area contributed by atoms with Gasteiger partial charge in [-0.15, -0.1) is 0 Å². The second kappa shape index (κ2) is 8.61. The molecule has 7 heteroatoms. The molecule has 1 aliphatic heterocycles. The number of rotatable bonds is 6. The molecule has 0 amide bonds. The number of hydrogen-bond donors (Lipinski definition) is 0. The summed E-state index contributed by atoms with van der Waals surface area (Å²) in [5, 5.41) is 0. The summed E-state index contributed by atoms with van der Waals surface area (Å²) in [4.78, 5) is 2.37. The summed E-state index contributed by atoms with van der Waals surface area (Å²) >= 11 is 1.72. The van der Waals surface area contributed by atoms with Gasteiger partial charge in [-0.25, -0.2) is 0 Å². The maximum atomic E-state index is 12.7. The molecule has 0 radical (unpaired) electrons. The molecule has 0 aromatic heterocycles. The zero-order valence-corrected chi connectivity index (χ0v) is 18.5. The van der Waals surface area contributed by atoms with Crippen molar-refractivity contribution in [2.24, 2.45) is 0 Å². The van der Waals surface area contributed by atoms with Crippen molar-refractivity contribution in [2.75, 3.05) is 6.54 Å². The van der Waals surface area contributed by atoms with Crippen molar-refractivity contribution < 1.29 is 22.6 Å². The zero-order valence-electron chi connectivity index (χ0n) is 16.1. The molecule has 156 valence electrons. The number of piperidine rings is 1. The Morgan fingerprint density at radius 3 is 2.48 bits per heavy atom. The van der Waals surface area contributed by atoms with Gasteiger partial charge in [-0.05, 0) is 0 Å². The van der Waals surface area contributed by atoms with E-state index >= 15 is 0 Å². The number of benzene rings is 2. The van der Waals surface area contributed by atoms with Crippen molar-refractivity contribution in [3.8, 4) is 11.5 Å². The summed E-state index contributed by atoms with van der Waals surface area (Å²) in [6.45, 7) is 1.45. The van der Waals surface area contributed by atoms with Gasteiger partial charge in [0.25, 0.3) is 0 Å². The molecule has 0 N–H and O–H groups in total. The Bertz CT molecular complexity index is 827. The van der Waals surface area contributed by atoms with Gasteiger partial charge in [0.15, 0.2) is 0 Å². The van der Waals surface area contributed by atoms with Crippen LogP contribution in [0.25, 0.3) is 0 Å². The monoisotopic (exact) mass is 467 g/mol. The van der Waals surface area contributed by atoms with E-state index in [1.54, 1.807) is 22.9 Å². The van der Waals surface area contributed by atoms with Crippen molar-refractivity contribution in [1.29, 1.82) is 0 Å². The van der Waals surface area contributed by atoms with Crippen LogP contribution in [0.3, 0.4) is 0 Å². The summed E-state index contributed by atoms with van der Waals surface area (Å²) in [6.07, 6.45) is -0.281. The number of alkyl halides is 3. The third-order valence-corrected chi connectivity index (χ3v) is 6.84. The van der Waals surface area contributed by atoms with E-state index in [9.17, 15) is 13.2 Å². The number of likely N-dealkylation sites (tertiary alicyclic amines) is 1. The molecule has 2 fully saturated rings. The Kier molecular flexibility index (Phi) is 6.12. The number of ether oxygens (including phenoxy) is 2. The zero-order chi connectivity index (χ0) is 20.4. The molecular formula is C22H25AsF3NO2. The Morgan fingerprint density at radius 2 is 1.79 bits per heavy atom. The topological polar surface area (TPSA) is 21.7 Å². The average molecular weight is 467 g/mol. The fourth-order valence-corrected chi connectivity index (χ4v) is 5.43. The SMILES string of the molecule is FC(F)(F)Oc1ccc(OC2CC2)c(CN2CCCC([AsH2])C2c2ccccc2)c1. The Labute approximate surface area is 177 Å². The van der Waals surface area contributed by atoms with Crippen LogP contribution in [-0.2, 0) is 6.54 Å². The van der Waals surface area contributed by atoms with E-state index in [1.807, 2.05) is 18.2 Å². The van der Waals surface area contributed by atoms with E-state index in [0.29, 0.717) is 17.0 Å². The Balaban J connectivity index is 1.62. The van der Waals surface area contributed by atoms with Crippen LogP contribution in [0, 0.1) is 0 Å². The molecule has 3 nitrogen and oxygen atoms in total. The van der Waals surface area contributed by atoms with E-state index in [-0.39, 0.29) is 17.9 Å². The molecule has 1 heterocycles. The number of halogens is 3. The van der Waals surface area contributed by atoms with Gasteiger partial charge < -0.3 is 0 Å². The first-order chi connectivity index (χ1) is 13.9. The molecule has 2 aliphatic rings. The summed E-state index contributed by atoms with van der Waals surface area (Å²) in [5.74, 6) is 0.471. The van der Waals surface area contributed by atoms with Crippen LogP contribution in [0.15, 0.2) is 48.5 Å². The molecule has 1 aliphatic carbocycles. The Morgan fingerprint density at radius 1 is 1.03 bits per heavy atom. The second-order valence-electron chi connectivity index (χ2n) is 7.77. The van der Waals surface area contributed by atoms with Crippen molar-refractivity contribution in [2.45, 2.75) is 55.4 Å². The predicted molar refractivity (Wildman–Crippen MR) is 108 cm³/mol. The molecule has 1 saturated carbocycles. The second-order valence-corrected chi connectivity index (χ2v) is 9.56. The van der Waals surface area contributed by atoms with E-state index in [2.05, 4.69) is 21.8 Å². The van der Waals surface area contributed by atoms with Gasteiger partial charge in [0.2, 0.25) is 0 Å². The first-order valence-corrected chi connectivity index (χ1v) is 11.4. The van der Waals surface area contributed by atoms with Crippen molar-refractivity contribution in [1.82, 2.24) is 4.90 Å². The fraction of sp³-hybridized carbons (Fsp3) is 0.455. The van der Waals surface area contributed by atoms with E-state index in [4.69, 9.17) is 4.74 Å².